The summed E-state index contributed by atoms with van der Waals surface area (Å²) < 4.78 is 0. The third-order valence-electron chi connectivity index (χ3n) is 7.80. The molecule has 1 atom stereocenters. The van der Waals surface area contributed by atoms with Crippen LogP contribution in [0.4, 0.5) is 4.79 Å². The summed E-state index contributed by atoms with van der Waals surface area (Å²) in [5.74, 6) is 0.469. The second-order valence-corrected chi connectivity index (χ2v) is 9.85. The summed E-state index contributed by atoms with van der Waals surface area (Å²) >= 11 is 0. The van der Waals surface area contributed by atoms with Crippen LogP contribution in [0.3, 0.4) is 0 Å². The number of urea groups is 1. The molecule has 2 aliphatic carbocycles. The van der Waals surface area contributed by atoms with Crippen LogP contribution in [0.15, 0.2) is 9.98 Å². The predicted octanol–water partition coefficient (Wildman–Crippen LogP) is 3.93. The zero-order chi connectivity index (χ0) is 20.7. The molecule has 3 heterocycles. The van der Waals surface area contributed by atoms with E-state index in [0.717, 1.165) is 77.3 Å². The summed E-state index contributed by atoms with van der Waals surface area (Å²) in [5.41, 5.74) is -0.479. The molecule has 0 aromatic heterocycles. The molecule has 3 amide bonds. The first-order chi connectivity index (χ1) is 14.6. The lowest BCUT2D eigenvalue weighted by molar-refractivity contribution is -0.127. The number of guanidine groups is 1. The fraction of sp³-hybridized carbons (Fsp3) is 0.826. The summed E-state index contributed by atoms with van der Waals surface area (Å²) in [6, 6.07) is 0.0325. The first-order valence-electron chi connectivity index (χ1n) is 12.2. The monoisotopic (exact) mass is 413 g/mol. The molecule has 164 valence electrons. The Balaban J connectivity index is 1.53. The van der Waals surface area contributed by atoms with Crippen molar-refractivity contribution < 1.29 is 9.59 Å². The van der Waals surface area contributed by atoms with Crippen LogP contribution in [-0.4, -0.2) is 69.1 Å². The van der Waals surface area contributed by atoms with Gasteiger partial charge < -0.3 is 4.90 Å². The Hall–Kier alpha value is -1.92. The highest BCUT2D eigenvalue weighted by atomic mass is 16.2. The predicted molar refractivity (Wildman–Crippen MR) is 117 cm³/mol. The molecule has 7 nitrogen and oxygen atoms in total. The molecule has 0 spiro atoms. The molecule has 5 rings (SSSR count). The van der Waals surface area contributed by atoms with Gasteiger partial charge in [-0.25, -0.2) is 14.8 Å². The SMILES string of the molecule is CC12N=C(N3CCCCC3)N=C1C(=O)N(C1CCCCC1)C(=O)N2C1CCCCC1. The van der Waals surface area contributed by atoms with E-state index >= 15 is 0 Å². The lowest BCUT2D eigenvalue weighted by Gasteiger charge is -2.50. The van der Waals surface area contributed by atoms with Crippen LogP contribution >= 0.6 is 0 Å². The maximum absolute atomic E-state index is 13.9. The van der Waals surface area contributed by atoms with Crippen molar-refractivity contribution in [1.29, 1.82) is 0 Å². The lowest BCUT2D eigenvalue weighted by Crippen LogP contribution is -2.71. The number of hydrogen-bond donors (Lipinski definition) is 0. The smallest absolute Gasteiger partial charge is 0.329 e. The van der Waals surface area contributed by atoms with Crippen molar-refractivity contribution >= 4 is 23.6 Å². The number of carbonyl (C=O) groups excluding carboxylic acids is 2. The van der Waals surface area contributed by atoms with Crippen LogP contribution in [0, 0.1) is 0 Å². The van der Waals surface area contributed by atoms with E-state index in [1.54, 1.807) is 4.90 Å². The zero-order valence-corrected chi connectivity index (χ0v) is 18.3. The van der Waals surface area contributed by atoms with Gasteiger partial charge in [-0.2, -0.15) is 0 Å². The number of fused-ring (bicyclic) bond motifs is 1. The molecule has 0 bridgehead atoms. The van der Waals surface area contributed by atoms with Gasteiger partial charge in [0.15, 0.2) is 11.4 Å². The van der Waals surface area contributed by atoms with Gasteiger partial charge in [0, 0.05) is 25.2 Å². The molecular weight excluding hydrogens is 378 g/mol. The van der Waals surface area contributed by atoms with E-state index in [2.05, 4.69) is 4.90 Å². The molecule has 2 saturated carbocycles. The summed E-state index contributed by atoms with van der Waals surface area (Å²) in [6.07, 6.45) is 14.2. The van der Waals surface area contributed by atoms with E-state index in [1.807, 2.05) is 11.8 Å². The fourth-order valence-electron chi connectivity index (χ4n) is 6.15. The first kappa shape index (κ1) is 20.0. The van der Waals surface area contributed by atoms with Gasteiger partial charge in [-0.1, -0.05) is 38.5 Å². The van der Waals surface area contributed by atoms with Crippen molar-refractivity contribution in [2.75, 3.05) is 13.1 Å². The van der Waals surface area contributed by atoms with Gasteiger partial charge in [0.2, 0.25) is 5.96 Å². The van der Waals surface area contributed by atoms with Crippen molar-refractivity contribution in [2.24, 2.45) is 9.98 Å². The second kappa shape index (κ2) is 7.97. The van der Waals surface area contributed by atoms with E-state index in [4.69, 9.17) is 9.98 Å². The summed E-state index contributed by atoms with van der Waals surface area (Å²) in [7, 11) is 0. The van der Waals surface area contributed by atoms with Crippen molar-refractivity contribution in [3.05, 3.63) is 0 Å². The maximum atomic E-state index is 13.9. The van der Waals surface area contributed by atoms with Crippen molar-refractivity contribution in [3.8, 4) is 0 Å². The van der Waals surface area contributed by atoms with Gasteiger partial charge in [-0.3, -0.25) is 14.6 Å². The minimum atomic E-state index is -0.950. The Morgan fingerprint density at radius 3 is 2.00 bits per heavy atom. The molecule has 5 aliphatic rings. The third-order valence-corrected chi connectivity index (χ3v) is 7.80. The molecule has 0 aromatic carbocycles. The lowest BCUT2D eigenvalue weighted by atomic mass is 9.88. The molecule has 0 aromatic rings. The highest BCUT2D eigenvalue weighted by Crippen LogP contribution is 2.39. The van der Waals surface area contributed by atoms with Crippen LogP contribution in [0.1, 0.15) is 90.4 Å². The topological polar surface area (TPSA) is 68.6 Å². The Morgan fingerprint density at radius 2 is 1.37 bits per heavy atom. The Kier molecular flexibility index (Phi) is 5.31. The fourth-order valence-corrected chi connectivity index (χ4v) is 6.15. The number of imide groups is 1. The second-order valence-electron chi connectivity index (χ2n) is 9.85. The van der Waals surface area contributed by atoms with Gasteiger partial charge in [0.1, 0.15) is 0 Å². The standard InChI is InChI=1S/C23H35N5O2/c1-23-19(24-21(25-23)26-15-9-4-10-16-26)20(29)27(17-11-5-2-6-12-17)22(30)28(23)18-13-7-3-8-14-18/h17-18H,2-16H2,1H3. The number of nitrogens with zero attached hydrogens (tertiary/aromatic N) is 5. The van der Waals surface area contributed by atoms with Gasteiger partial charge in [-0.15, -0.1) is 0 Å². The van der Waals surface area contributed by atoms with Crippen LogP contribution in [0.2, 0.25) is 0 Å². The number of carbonyl (C=O) groups is 2. The third kappa shape index (κ3) is 3.25. The summed E-state index contributed by atoms with van der Waals surface area (Å²) in [4.78, 5) is 43.0. The first-order valence-corrected chi connectivity index (χ1v) is 12.2. The van der Waals surface area contributed by atoms with Crippen LogP contribution in [0.5, 0.6) is 0 Å². The highest BCUT2D eigenvalue weighted by Gasteiger charge is 2.58. The van der Waals surface area contributed by atoms with E-state index in [9.17, 15) is 9.59 Å². The molecule has 0 N–H and O–H groups in total. The molecular formula is C23H35N5O2. The normalized spacial score (nSPS) is 31.7. The molecule has 7 heteroatoms. The van der Waals surface area contributed by atoms with Crippen molar-refractivity contribution in [1.82, 2.24) is 14.7 Å². The van der Waals surface area contributed by atoms with Gasteiger partial charge >= 0.3 is 6.03 Å². The summed E-state index contributed by atoms with van der Waals surface area (Å²) in [5, 5.41) is 0. The van der Waals surface area contributed by atoms with Gasteiger partial charge in [-0.05, 0) is 51.9 Å². The number of likely N-dealkylation sites (tertiary alicyclic amines) is 1. The van der Waals surface area contributed by atoms with Gasteiger partial charge in [0.05, 0.1) is 0 Å². The zero-order valence-electron chi connectivity index (χ0n) is 18.3. The Labute approximate surface area is 179 Å². The molecule has 3 aliphatic heterocycles. The van der Waals surface area contributed by atoms with Crippen molar-refractivity contribution in [2.45, 2.75) is 108 Å². The Morgan fingerprint density at radius 1 is 0.800 bits per heavy atom. The Bertz CT molecular complexity index is 760. The minimum Gasteiger partial charge on any atom is -0.341 e. The molecule has 0 radical (unpaired) electrons. The van der Waals surface area contributed by atoms with Gasteiger partial charge in [0.25, 0.3) is 5.91 Å². The van der Waals surface area contributed by atoms with Crippen LogP contribution in [0.25, 0.3) is 0 Å². The number of hydrogen-bond acceptors (Lipinski definition) is 5. The van der Waals surface area contributed by atoms with Crippen LogP contribution < -0.4 is 0 Å². The average molecular weight is 414 g/mol. The van der Waals surface area contributed by atoms with E-state index in [1.165, 1.54) is 19.3 Å². The molecule has 2 saturated heterocycles. The summed E-state index contributed by atoms with van der Waals surface area (Å²) in [6.45, 7) is 3.82. The average Bonchev–Trinajstić information content (AvgIpc) is 3.14. The maximum Gasteiger partial charge on any atom is 0.329 e. The molecule has 1 unspecified atom stereocenters. The van der Waals surface area contributed by atoms with Crippen molar-refractivity contribution in [3.63, 3.8) is 0 Å². The van der Waals surface area contributed by atoms with E-state index in [0.29, 0.717) is 11.7 Å². The highest BCUT2D eigenvalue weighted by molar-refractivity contribution is 6.48. The minimum absolute atomic E-state index is 0.0103. The molecule has 30 heavy (non-hydrogen) atoms. The van der Waals surface area contributed by atoms with E-state index in [-0.39, 0.29) is 24.0 Å². The number of amides is 3. The number of aliphatic imine (C=N–C) groups is 2. The number of rotatable bonds is 2. The van der Waals surface area contributed by atoms with Crippen LogP contribution in [-0.2, 0) is 4.79 Å². The number of piperidine rings is 1. The largest absolute Gasteiger partial charge is 0.341 e. The molecule has 4 fully saturated rings. The van der Waals surface area contributed by atoms with E-state index < -0.39 is 5.66 Å². The quantitative estimate of drug-likeness (QED) is 0.689.